The second-order valence-corrected chi connectivity index (χ2v) is 6.26. The molecule has 0 saturated heterocycles. The fraction of sp³-hybridized carbons (Fsp3) is 0.409. The van der Waals surface area contributed by atoms with Gasteiger partial charge in [0.1, 0.15) is 5.75 Å². The first-order valence-corrected chi connectivity index (χ1v) is 9.43. The van der Waals surface area contributed by atoms with Gasteiger partial charge in [-0.25, -0.2) is 0 Å². The highest BCUT2D eigenvalue weighted by Gasteiger charge is 2.14. The highest BCUT2D eigenvalue weighted by molar-refractivity contribution is 5.80. The first-order valence-electron chi connectivity index (χ1n) is 9.43. The van der Waals surface area contributed by atoms with Crippen molar-refractivity contribution in [2.24, 2.45) is 0 Å². The van der Waals surface area contributed by atoms with Crippen LogP contribution in [-0.4, -0.2) is 31.8 Å². The van der Waals surface area contributed by atoms with Gasteiger partial charge < -0.3 is 19.5 Å². The Morgan fingerprint density at radius 2 is 1.67 bits per heavy atom. The molecule has 0 fully saturated rings. The third-order valence-corrected chi connectivity index (χ3v) is 4.02. The lowest BCUT2D eigenvalue weighted by Crippen LogP contribution is -2.37. The average Bonchev–Trinajstić information content (AvgIpc) is 2.66. The number of nitrogens with one attached hydrogen (secondary N) is 1. The second-order valence-electron chi connectivity index (χ2n) is 6.26. The Morgan fingerprint density at radius 3 is 2.33 bits per heavy atom. The summed E-state index contributed by atoms with van der Waals surface area (Å²) in [6, 6.07) is 13.5. The van der Waals surface area contributed by atoms with Crippen LogP contribution in [0.25, 0.3) is 0 Å². The molecule has 0 radical (unpaired) electrons. The van der Waals surface area contributed by atoms with E-state index in [1.165, 1.54) is 0 Å². The molecule has 2 rings (SSSR count). The summed E-state index contributed by atoms with van der Waals surface area (Å²) in [5.74, 6) is 2.04. The van der Waals surface area contributed by atoms with Gasteiger partial charge in [-0.05, 0) is 63.9 Å². The minimum atomic E-state index is -0.549. The number of benzene rings is 2. The zero-order valence-electron chi connectivity index (χ0n) is 16.6. The van der Waals surface area contributed by atoms with Crippen LogP contribution in [-0.2, 0) is 11.2 Å². The van der Waals surface area contributed by atoms with Gasteiger partial charge in [0, 0.05) is 6.54 Å². The molecule has 1 unspecified atom stereocenters. The molecule has 0 saturated carbocycles. The largest absolute Gasteiger partial charge is 0.490 e. The number of hydrogen-bond acceptors (Lipinski definition) is 4. The number of amides is 1. The SMILES string of the molecule is CCOc1ccc(CCNC(=O)C(C)Oc2ccc(C)cc2)cc1OCC. The third-order valence-electron chi connectivity index (χ3n) is 4.02. The van der Waals surface area contributed by atoms with E-state index < -0.39 is 6.10 Å². The van der Waals surface area contributed by atoms with E-state index in [9.17, 15) is 4.79 Å². The highest BCUT2D eigenvalue weighted by Crippen LogP contribution is 2.28. The van der Waals surface area contributed by atoms with Crippen molar-refractivity contribution in [1.82, 2.24) is 5.32 Å². The first kappa shape index (κ1) is 20.6. The molecule has 5 heteroatoms. The molecule has 1 amide bonds. The van der Waals surface area contributed by atoms with Crippen LogP contribution >= 0.6 is 0 Å². The number of rotatable bonds is 10. The second kappa shape index (κ2) is 10.5. The van der Waals surface area contributed by atoms with Crippen LogP contribution in [0.4, 0.5) is 0 Å². The average molecular weight is 371 g/mol. The predicted octanol–water partition coefficient (Wildman–Crippen LogP) is 3.92. The first-order chi connectivity index (χ1) is 13.0. The molecule has 2 aromatic carbocycles. The lowest BCUT2D eigenvalue weighted by atomic mass is 10.1. The van der Waals surface area contributed by atoms with E-state index in [-0.39, 0.29) is 5.91 Å². The molecule has 0 aliphatic heterocycles. The van der Waals surface area contributed by atoms with Gasteiger partial charge in [0.15, 0.2) is 17.6 Å². The van der Waals surface area contributed by atoms with Crippen molar-refractivity contribution in [3.63, 3.8) is 0 Å². The number of carbonyl (C=O) groups excluding carboxylic acids is 1. The Kier molecular flexibility index (Phi) is 7.99. The molecule has 0 aliphatic carbocycles. The van der Waals surface area contributed by atoms with E-state index >= 15 is 0 Å². The lowest BCUT2D eigenvalue weighted by Gasteiger charge is -2.15. The molecule has 0 aliphatic rings. The Labute approximate surface area is 161 Å². The fourth-order valence-electron chi connectivity index (χ4n) is 2.60. The Morgan fingerprint density at radius 1 is 1.00 bits per heavy atom. The van der Waals surface area contributed by atoms with Crippen molar-refractivity contribution in [2.75, 3.05) is 19.8 Å². The number of aryl methyl sites for hydroxylation is 1. The fourth-order valence-corrected chi connectivity index (χ4v) is 2.60. The van der Waals surface area contributed by atoms with Crippen LogP contribution in [0, 0.1) is 6.92 Å². The van der Waals surface area contributed by atoms with Crippen LogP contribution in [0.1, 0.15) is 31.9 Å². The molecule has 146 valence electrons. The summed E-state index contributed by atoms with van der Waals surface area (Å²) in [6.45, 7) is 9.34. The molecule has 0 aromatic heterocycles. The van der Waals surface area contributed by atoms with E-state index in [4.69, 9.17) is 14.2 Å². The van der Waals surface area contributed by atoms with Crippen molar-refractivity contribution >= 4 is 5.91 Å². The molecule has 0 bridgehead atoms. The minimum Gasteiger partial charge on any atom is -0.490 e. The van der Waals surface area contributed by atoms with Crippen LogP contribution < -0.4 is 19.5 Å². The Balaban J connectivity index is 1.84. The molecule has 1 N–H and O–H groups in total. The number of hydrogen-bond donors (Lipinski definition) is 1. The van der Waals surface area contributed by atoms with Crippen LogP contribution in [0.5, 0.6) is 17.2 Å². The summed E-state index contributed by atoms with van der Waals surface area (Å²) in [7, 11) is 0. The van der Waals surface area contributed by atoms with E-state index in [2.05, 4.69) is 5.32 Å². The molecule has 2 aromatic rings. The molecule has 0 spiro atoms. The third kappa shape index (κ3) is 6.51. The maximum atomic E-state index is 12.2. The minimum absolute atomic E-state index is 0.133. The summed E-state index contributed by atoms with van der Waals surface area (Å²) in [5.41, 5.74) is 2.23. The van der Waals surface area contributed by atoms with Gasteiger partial charge in [-0.1, -0.05) is 23.8 Å². The van der Waals surface area contributed by atoms with Gasteiger partial charge in [0.25, 0.3) is 5.91 Å². The highest BCUT2D eigenvalue weighted by atomic mass is 16.5. The van der Waals surface area contributed by atoms with Crippen molar-refractivity contribution in [3.05, 3.63) is 53.6 Å². The standard InChI is InChI=1S/C22H29NO4/c1-5-25-20-12-9-18(15-21(20)26-6-2)13-14-23-22(24)17(4)27-19-10-7-16(3)8-11-19/h7-12,15,17H,5-6,13-14H2,1-4H3,(H,23,24). The lowest BCUT2D eigenvalue weighted by molar-refractivity contribution is -0.127. The maximum Gasteiger partial charge on any atom is 0.260 e. The quantitative estimate of drug-likeness (QED) is 0.688. The van der Waals surface area contributed by atoms with E-state index in [0.29, 0.717) is 31.9 Å². The Bertz CT molecular complexity index is 728. The summed E-state index contributed by atoms with van der Waals surface area (Å²) in [6.07, 6.45) is 0.155. The molecule has 0 heterocycles. The molecular formula is C22H29NO4. The van der Waals surface area contributed by atoms with Crippen molar-refractivity contribution in [3.8, 4) is 17.2 Å². The van der Waals surface area contributed by atoms with E-state index in [0.717, 1.165) is 22.6 Å². The summed E-state index contributed by atoms with van der Waals surface area (Å²) in [5, 5.41) is 2.92. The zero-order chi connectivity index (χ0) is 19.6. The molecule has 1 atom stereocenters. The smallest absolute Gasteiger partial charge is 0.260 e. The monoisotopic (exact) mass is 371 g/mol. The predicted molar refractivity (Wildman–Crippen MR) is 107 cm³/mol. The van der Waals surface area contributed by atoms with Crippen LogP contribution in [0.3, 0.4) is 0 Å². The zero-order valence-corrected chi connectivity index (χ0v) is 16.6. The van der Waals surface area contributed by atoms with Gasteiger partial charge in [-0.2, -0.15) is 0 Å². The van der Waals surface area contributed by atoms with Crippen LogP contribution in [0.15, 0.2) is 42.5 Å². The topological polar surface area (TPSA) is 56.8 Å². The number of ether oxygens (including phenoxy) is 3. The van der Waals surface area contributed by atoms with E-state index in [1.54, 1.807) is 6.92 Å². The molecule has 27 heavy (non-hydrogen) atoms. The van der Waals surface area contributed by atoms with E-state index in [1.807, 2.05) is 63.2 Å². The van der Waals surface area contributed by atoms with Gasteiger partial charge in [-0.15, -0.1) is 0 Å². The summed E-state index contributed by atoms with van der Waals surface area (Å²) >= 11 is 0. The van der Waals surface area contributed by atoms with Crippen molar-refractivity contribution < 1.29 is 19.0 Å². The normalized spacial score (nSPS) is 11.6. The number of carbonyl (C=O) groups is 1. The van der Waals surface area contributed by atoms with Gasteiger partial charge in [-0.3, -0.25) is 4.79 Å². The molecular weight excluding hydrogens is 342 g/mol. The van der Waals surface area contributed by atoms with Gasteiger partial charge >= 0.3 is 0 Å². The van der Waals surface area contributed by atoms with Gasteiger partial charge in [0.2, 0.25) is 0 Å². The Hall–Kier alpha value is -2.69. The van der Waals surface area contributed by atoms with Gasteiger partial charge in [0.05, 0.1) is 13.2 Å². The summed E-state index contributed by atoms with van der Waals surface area (Å²) < 4.78 is 16.9. The summed E-state index contributed by atoms with van der Waals surface area (Å²) in [4.78, 5) is 12.2. The van der Waals surface area contributed by atoms with Crippen molar-refractivity contribution in [1.29, 1.82) is 0 Å². The van der Waals surface area contributed by atoms with Crippen LogP contribution in [0.2, 0.25) is 0 Å². The molecule has 5 nitrogen and oxygen atoms in total. The maximum absolute atomic E-state index is 12.2. The van der Waals surface area contributed by atoms with Crippen molar-refractivity contribution in [2.45, 2.75) is 40.2 Å².